The van der Waals surface area contributed by atoms with E-state index in [1.54, 1.807) is 0 Å². The number of carbonyl (C=O) groups excluding carboxylic acids is 3. The Morgan fingerprint density at radius 1 is 1.21 bits per heavy atom. The molecule has 29 heavy (non-hydrogen) atoms. The maximum Gasteiger partial charge on any atom is 0.305 e. The average molecular weight is 419 g/mol. The normalized spacial score (nSPS) is 36.0. The lowest BCUT2D eigenvalue weighted by Crippen LogP contribution is -2.68. The van der Waals surface area contributed by atoms with Crippen LogP contribution in [0.3, 0.4) is 0 Å². The van der Waals surface area contributed by atoms with E-state index in [0.717, 1.165) is 0 Å². The number of ether oxygens (including phenoxy) is 2. The van der Waals surface area contributed by atoms with Gasteiger partial charge in [-0.15, -0.1) is 0 Å². The standard InChI is InChI=1S/C16H25N3O10/c1-5(10-15(27)18-7(3-9(22)23)14(26)19-10)28-16-11(17-6(2)21)13(25)12(24)8(4-20)29-16/h5,7-8,10-13,16,20,24-25H,3-4H2,1-2H3,(H,17,21)(H,18,27)(H,19,26)(H,22,23)/t5-,7+,8-,10+,11-,12+,13-,16+/m1/s1. The van der Waals surface area contributed by atoms with E-state index in [2.05, 4.69) is 16.0 Å². The van der Waals surface area contributed by atoms with Gasteiger partial charge in [0.1, 0.15) is 36.4 Å². The minimum atomic E-state index is -1.53. The van der Waals surface area contributed by atoms with Crippen molar-refractivity contribution in [2.75, 3.05) is 6.61 Å². The number of aliphatic hydroxyl groups excluding tert-OH is 3. The summed E-state index contributed by atoms with van der Waals surface area (Å²) in [7, 11) is 0. The molecule has 164 valence electrons. The summed E-state index contributed by atoms with van der Waals surface area (Å²) < 4.78 is 11.0. The van der Waals surface area contributed by atoms with Gasteiger partial charge in [-0.25, -0.2) is 0 Å². The van der Waals surface area contributed by atoms with Gasteiger partial charge in [0, 0.05) is 6.92 Å². The molecule has 0 bridgehead atoms. The van der Waals surface area contributed by atoms with Crippen LogP contribution in [0.25, 0.3) is 0 Å². The largest absolute Gasteiger partial charge is 0.481 e. The van der Waals surface area contributed by atoms with Crippen molar-refractivity contribution in [3.05, 3.63) is 0 Å². The Hall–Kier alpha value is -2.32. The van der Waals surface area contributed by atoms with Crippen LogP contribution in [0.2, 0.25) is 0 Å². The minimum Gasteiger partial charge on any atom is -0.481 e. The van der Waals surface area contributed by atoms with Gasteiger partial charge in [-0.05, 0) is 6.92 Å². The van der Waals surface area contributed by atoms with Crippen molar-refractivity contribution in [3.8, 4) is 0 Å². The van der Waals surface area contributed by atoms with Gasteiger partial charge in [0.05, 0.1) is 19.1 Å². The highest BCUT2D eigenvalue weighted by Crippen LogP contribution is 2.24. The maximum atomic E-state index is 12.3. The molecule has 2 rings (SSSR count). The van der Waals surface area contributed by atoms with E-state index in [1.807, 2.05) is 0 Å². The summed E-state index contributed by atoms with van der Waals surface area (Å²) in [6, 6.07) is -3.64. The Bertz CT molecular complexity index is 659. The third-order valence-corrected chi connectivity index (χ3v) is 4.66. The third kappa shape index (κ3) is 5.39. The van der Waals surface area contributed by atoms with Crippen molar-refractivity contribution in [1.82, 2.24) is 16.0 Å². The Morgan fingerprint density at radius 2 is 1.86 bits per heavy atom. The van der Waals surface area contributed by atoms with Crippen LogP contribution in [-0.2, 0) is 28.7 Å². The van der Waals surface area contributed by atoms with Crippen LogP contribution in [0.5, 0.6) is 0 Å². The number of rotatable bonds is 7. The average Bonchev–Trinajstić information content (AvgIpc) is 2.63. The molecule has 2 heterocycles. The van der Waals surface area contributed by atoms with Gasteiger partial charge in [-0.3, -0.25) is 19.2 Å². The highest BCUT2D eigenvalue weighted by molar-refractivity contribution is 5.98. The number of piperazine rings is 1. The number of amides is 3. The van der Waals surface area contributed by atoms with E-state index in [0.29, 0.717) is 0 Å². The van der Waals surface area contributed by atoms with Crippen molar-refractivity contribution in [2.45, 2.75) is 69.1 Å². The van der Waals surface area contributed by atoms with Crippen molar-refractivity contribution >= 4 is 23.7 Å². The maximum absolute atomic E-state index is 12.3. The predicted octanol–water partition coefficient (Wildman–Crippen LogP) is -4.21. The molecular formula is C16H25N3O10. The van der Waals surface area contributed by atoms with E-state index >= 15 is 0 Å². The van der Waals surface area contributed by atoms with Crippen molar-refractivity contribution in [3.63, 3.8) is 0 Å². The van der Waals surface area contributed by atoms with Gasteiger partial charge < -0.3 is 45.9 Å². The van der Waals surface area contributed by atoms with E-state index in [9.17, 15) is 34.5 Å². The monoisotopic (exact) mass is 419 g/mol. The van der Waals surface area contributed by atoms with E-state index in [4.69, 9.17) is 14.6 Å². The second kappa shape index (κ2) is 9.45. The number of aliphatic carboxylic acids is 1. The van der Waals surface area contributed by atoms with Crippen LogP contribution in [0.1, 0.15) is 20.3 Å². The molecule has 13 nitrogen and oxygen atoms in total. The van der Waals surface area contributed by atoms with Gasteiger partial charge in [0.2, 0.25) is 17.7 Å². The number of carboxylic acids is 1. The van der Waals surface area contributed by atoms with Gasteiger partial charge in [-0.1, -0.05) is 0 Å². The van der Waals surface area contributed by atoms with Crippen LogP contribution in [0.4, 0.5) is 0 Å². The summed E-state index contributed by atoms with van der Waals surface area (Å²) in [5, 5.41) is 45.4. The zero-order valence-corrected chi connectivity index (χ0v) is 15.8. The molecule has 2 saturated heterocycles. The lowest BCUT2D eigenvalue weighted by Gasteiger charge is -2.43. The van der Waals surface area contributed by atoms with Crippen molar-refractivity contribution in [2.24, 2.45) is 0 Å². The summed E-state index contributed by atoms with van der Waals surface area (Å²) in [4.78, 5) is 46.5. The van der Waals surface area contributed by atoms with Gasteiger partial charge >= 0.3 is 5.97 Å². The quantitative estimate of drug-likeness (QED) is 0.212. The van der Waals surface area contributed by atoms with Gasteiger partial charge in [-0.2, -0.15) is 0 Å². The summed E-state index contributed by atoms with van der Waals surface area (Å²) in [6.07, 6.45) is -7.21. The molecule has 0 aromatic heterocycles. The lowest BCUT2D eigenvalue weighted by atomic mass is 9.96. The van der Waals surface area contributed by atoms with Crippen LogP contribution >= 0.6 is 0 Å². The first-order valence-electron chi connectivity index (χ1n) is 8.92. The molecule has 2 fully saturated rings. The summed E-state index contributed by atoms with van der Waals surface area (Å²) in [6.45, 7) is 1.95. The molecule has 0 saturated carbocycles. The fourth-order valence-electron chi connectivity index (χ4n) is 3.17. The molecule has 0 unspecified atom stereocenters. The Balaban J connectivity index is 2.10. The molecule has 0 spiro atoms. The number of aliphatic hydroxyl groups is 3. The van der Waals surface area contributed by atoms with Crippen LogP contribution in [-0.4, -0.2) is 99.6 Å². The van der Waals surface area contributed by atoms with E-state index < -0.39 is 85.5 Å². The van der Waals surface area contributed by atoms with Gasteiger partial charge in [0.25, 0.3) is 0 Å². The molecule has 0 aliphatic carbocycles. The summed E-state index contributed by atoms with van der Waals surface area (Å²) in [5.74, 6) is -3.20. The molecule has 7 N–H and O–H groups in total. The number of nitrogens with one attached hydrogen (secondary N) is 3. The number of carboxylic acid groups (broad SMARTS) is 1. The molecular weight excluding hydrogens is 394 g/mol. The first-order chi connectivity index (χ1) is 13.5. The van der Waals surface area contributed by atoms with Crippen molar-refractivity contribution in [1.29, 1.82) is 0 Å². The zero-order chi connectivity index (χ0) is 21.9. The van der Waals surface area contributed by atoms with Crippen molar-refractivity contribution < 1.29 is 49.1 Å². The first kappa shape index (κ1) is 23.0. The highest BCUT2D eigenvalue weighted by atomic mass is 16.7. The number of hydrogen-bond acceptors (Lipinski definition) is 9. The second-order valence-electron chi connectivity index (χ2n) is 6.92. The van der Waals surface area contributed by atoms with Gasteiger partial charge in [0.15, 0.2) is 6.29 Å². The predicted molar refractivity (Wildman–Crippen MR) is 92.0 cm³/mol. The molecule has 3 amide bonds. The molecule has 2 aliphatic heterocycles. The van der Waals surface area contributed by atoms with Crippen LogP contribution in [0.15, 0.2) is 0 Å². The smallest absolute Gasteiger partial charge is 0.305 e. The van der Waals surface area contributed by atoms with Crippen LogP contribution in [0, 0.1) is 0 Å². The lowest BCUT2D eigenvalue weighted by molar-refractivity contribution is -0.281. The highest BCUT2D eigenvalue weighted by Gasteiger charge is 2.47. The fourth-order valence-corrected chi connectivity index (χ4v) is 3.17. The van der Waals surface area contributed by atoms with E-state index in [1.165, 1.54) is 13.8 Å². The molecule has 2 aliphatic rings. The Labute approximate surface area is 165 Å². The zero-order valence-electron chi connectivity index (χ0n) is 15.8. The Kier molecular flexibility index (Phi) is 7.48. The SMILES string of the molecule is CC(=O)N[C@H]1[C@@H](O[C@H](C)[C@@H]2NC(=O)[C@H](CC(=O)O)NC2=O)O[C@H](CO)[C@H](O)[C@@H]1O. The molecule has 13 heteroatoms. The number of hydrogen-bond donors (Lipinski definition) is 7. The van der Waals surface area contributed by atoms with E-state index in [-0.39, 0.29) is 0 Å². The topological polar surface area (TPSA) is 204 Å². The molecule has 0 aromatic rings. The molecule has 0 radical (unpaired) electrons. The molecule has 0 aromatic carbocycles. The first-order valence-corrected chi connectivity index (χ1v) is 8.92. The molecule has 8 atom stereocenters. The minimum absolute atomic E-state index is 0.547. The second-order valence-corrected chi connectivity index (χ2v) is 6.92. The fraction of sp³-hybridized carbons (Fsp3) is 0.750. The Morgan fingerprint density at radius 3 is 2.41 bits per heavy atom. The third-order valence-electron chi connectivity index (χ3n) is 4.66. The van der Waals surface area contributed by atoms with Crippen LogP contribution < -0.4 is 16.0 Å². The summed E-state index contributed by atoms with van der Waals surface area (Å²) >= 11 is 0. The summed E-state index contributed by atoms with van der Waals surface area (Å²) in [5.41, 5.74) is 0. The number of carbonyl (C=O) groups is 4.